The third kappa shape index (κ3) is 3.35. The standard InChI is InChI=1S/C20H19Cl2N3O/c1-4-25(3)20(26)14-11-23-19(13-7-5-9-16(22)18(13)14)24-17-10-6-8-15(21)12(17)2/h5-11H,4H2,1-3H3,(H,23,24). The molecule has 1 heterocycles. The number of hydrogen-bond acceptors (Lipinski definition) is 3. The lowest BCUT2D eigenvalue weighted by Gasteiger charge is -2.18. The maximum atomic E-state index is 12.7. The Kier molecular flexibility index (Phi) is 5.35. The van der Waals surface area contributed by atoms with Crippen molar-refractivity contribution in [2.45, 2.75) is 13.8 Å². The normalized spacial score (nSPS) is 10.8. The average Bonchev–Trinajstić information content (AvgIpc) is 2.64. The molecule has 2 aromatic carbocycles. The third-order valence-electron chi connectivity index (χ3n) is 4.43. The second-order valence-electron chi connectivity index (χ2n) is 6.04. The average molecular weight is 388 g/mol. The molecule has 3 rings (SSSR count). The third-order valence-corrected chi connectivity index (χ3v) is 5.16. The number of aromatic nitrogens is 1. The van der Waals surface area contributed by atoms with Crippen LogP contribution >= 0.6 is 23.2 Å². The van der Waals surface area contributed by atoms with Crippen LogP contribution in [0.15, 0.2) is 42.6 Å². The maximum Gasteiger partial charge on any atom is 0.255 e. The minimum Gasteiger partial charge on any atom is -0.342 e. The van der Waals surface area contributed by atoms with Crippen molar-refractivity contribution in [1.29, 1.82) is 0 Å². The molecule has 0 atom stereocenters. The number of fused-ring (bicyclic) bond motifs is 1. The molecule has 0 aliphatic carbocycles. The van der Waals surface area contributed by atoms with Gasteiger partial charge in [-0.1, -0.05) is 41.4 Å². The zero-order valence-electron chi connectivity index (χ0n) is 14.8. The molecule has 3 aromatic rings. The fourth-order valence-corrected chi connectivity index (χ4v) is 3.19. The van der Waals surface area contributed by atoms with Gasteiger partial charge in [-0.3, -0.25) is 4.79 Å². The number of carbonyl (C=O) groups excluding carboxylic acids is 1. The predicted molar refractivity (Wildman–Crippen MR) is 109 cm³/mol. The summed E-state index contributed by atoms with van der Waals surface area (Å²) in [7, 11) is 1.76. The second kappa shape index (κ2) is 7.52. The molecule has 0 spiro atoms. The maximum absolute atomic E-state index is 12.7. The summed E-state index contributed by atoms with van der Waals surface area (Å²) in [5.74, 6) is 0.521. The number of pyridine rings is 1. The molecule has 0 radical (unpaired) electrons. The van der Waals surface area contributed by atoms with Crippen molar-refractivity contribution in [2.24, 2.45) is 0 Å². The molecule has 0 fully saturated rings. The van der Waals surface area contributed by atoms with E-state index in [2.05, 4.69) is 10.3 Å². The first-order chi connectivity index (χ1) is 12.4. The first-order valence-electron chi connectivity index (χ1n) is 8.28. The second-order valence-corrected chi connectivity index (χ2v) is 6.85. The molecule has 134 valence electrons. The SMILES string of the molecule is CCN(C)C(=O)c1cnc(Nc2cccc(Cl)c2C)c2cccc(Cl)c12. The van der Waals surface area contributed by atoms with Crippen LogP contribution < -0.4 is 5.32 Å². The number of benzene rings is 2. The monoisotopic (exact) mass is 387 g/mol. The van der Waals surface area contributed by atoms with Crippen molar-refractivity contribution in [3.63, 3.8) is 0 Å². The first-order valence-corrected chi connectivity index (χ1v) is 9.04. The Bertz CT molecular complexity index is 988. The minimum absolute atomic E-state index is 0.108. The predicted octanol–water partition coefficient (Wildman–Crippen LogP) is 5.69. The molecule has 0 aliphatic heterocycles. The lowest BCUT2D eigenvalue weighted by atomic mass is 10.1. The fraction of sp³-hybridized carbons (Fsp3) is 0.200. The molecule has 4 nitrogen and oxygen atoms in total. The van der Waals surface area contributed by atoms with E-state index in [0.717, 1.165) is 16.6 Å². The smallest absolute Gasteiger partial charge is 0.255 e. The molecular weight excluding hydrogens is 369 g/mol. The molecule has 6 heteroatoms. The summed E-state index contributed by atoms with van der Waals surface area (Å²) in [5.41, 5.74) is 2.27. The van der Waals surface area contributed by atoms with Crippen LogP contribution in [0, 0.1) is 6.92 Å². The highest BCUT2D eigenvalue weighted by atomic mass is 35.5. The largest absolute Gasteiger partial charge is 0.342 e. The van der Waals surface area contributed by atoms with E-state index >= 15 is 0 Å². The Morgan fingerprint density at radius 3 is 2.58 bits per heavy atom. The van der Waals surface area contributed by atoms with E-state index in [1.54, 1.807) is 24.2 Å². The van der Waals surface area contributed by atoms with Crippen molar-refractivity contribution >= 4 is 51.4 Å². The molecule has 0 bridgehead atoms. The van der Waals surface area contributed by atoms with Gasteiger partial charge in [-0.15, -0.1) is 0 Å². The number of hydrogen-bond donors (Lipinski definition) is 1. The van der Waals surface area contributed by atoms with E-state index in [1.807, 2.05) is 44.2 Å². The Balaban J connectivity index is 2.16. The molecule has 1 aromatic heterocycles. The van der Waals surface area contributed by atoms with Gasteiger partial charge in [0.2, 0.25) is 0 Å². The van der Waals surface area contributed by atoms with E-state index < -0.39 is 0 Å². The van der Waals surface area contributed by atoms with E-state index in [0.29, 0.717) is 33.4 Å². The summed E-state index contributed by atoms with van der Waals surface area (Å²) in [4.78, 5) is 18.8. The van der Waals surface area contributed by atoms with Crippen LogP contribution in [0.5, 0.6) is 0 Å². The van der Waals surface area contributed by atoms with E-state index in [9.17, 15) is 4.79 Å². The summed E-state index contributed by atoms with van der Waals surface area (Å²) in [6.07, 6.45) is 1.57. The quantitative estimate of drug-likeness (QED) is 0.625. The highest BCUT2D eigenvalue weighted by Gasteiger charge is 2.19. The topological polar surface area (TPSA) is 45.2 Å². The van der Waals surface area contributed by atoms with Crippen LogP contribution in [0.4, 0.5) is 11.5 Å². The number of carbonyl (C=O) groups is 1. The Hall–Kier alpha value is -2.30. The van der Waals surface area contributed by atoms with Gasteiger partial charge < -0.3 is 10.2 Å². The zero-order chi connectivity index (χ0) is 18.8. The van der Waals surface area contributed by atoms with E-state index in [1.165, 1.54) is 0 Å². The van der Waals surface area contributed by atoms with Gasteiger partial charge in [0.25, 0.3) is 5.91 Å². The van der Waals surface area contributed by atoms with Gasteiger partial charge in [0, 0.05) is 46.3 Å². The van der Waals surface area contributed by atoms with Gasteiger partial charge in [-0.25, -0.2) is 4.98 Å². The highest BCUT2D eigenvalue weighted by Crippen LogP contribution is 2.34. The van der Waals surface area contributed by atoms with Gasteiger partial charge in [0.05, 0.1) is 5.56 Å². The van der Waals surface area contributed by atoms with Gasteiger partial charge >= 0.3 is 0 Å². The van der Waals surface area contributed by atoms with E-state index in [-0.39, 0.29) is 5.91 Å². The Morgan fingerprint density at radius 1 is 1.15 bits per heavy atom. The minimum atomic E-state index is -0.108. The van der Waals surface area contributed by atoms with Crippen molar-refractivity contribution in [3.05, 3.63) is 63.8 Å². The summed E-state index contributed by atoms with van der Waals surface area (Å²) in [6, 6.07) is 11.2. The number of rotatable bonds is 4. The Labute approximate surface area is 162 Å². The van der Waals surface area contributed by atoms with Crippen molar-refractivity contribution in [3.8, 4) is 0 Å². The Morgan fingerprint density at radius 2 is 1.85 bits per heavy atom. The molecule has 26 heavy (non-hydrogen) atoms. The van der Waals surface area contributed by atoms with Crippen LogP contribution in [-0.4, -0.2) is 29.4 Å². The molecule has 1 N–H and O–H groups in total. The van der Waals surface area contributed by atoms with Crippen molar-refractivity contribution in [1.82, 2.24) is 9.88 Å². The summed E-state index contributed by atoms with van der Waals surface area (Å²) >= 11 is 12.6. The number of nitrogens with zero attached hydrogens (tertiary/aromatic N) is 2. The van der Waals surface area contributed by atoms with Gasteiger partial charge in [-0.2, -0.15) is 0 Å². The summed E-state index contributed by atoms with van der Waals surface area (Å²) in [5, 5.41) is 5.98. The van der Waals surface area contributed by atoms with Gasteiger partial charge in [-0.05, 0) is 37.6 Å². The summed E-state index contributed by atoms with van der Waals surface area (Å²) in [6.45, 7) is 4.47. The van der Waals surface area contributed by atoms with Crippen molar-refractivity contribution < 1.29 is 4.79 Å². The van der Waals surface area contributed by atoms with Crippen LogP contribution in [-0.2, 0) is 0 Å². The molecule has 0 saturated carbocycles. The molecular formula is C20H19Cl2N3O. The van der Waals surface area contributed by atoms with Gasteiger partial charge in [0.1, 0.15) is 5.82 Å². The summed E-state index contributed by atoms with van der Waals surface area (Å²) < 4.78 is 0. The number of anilines is 2. The van der Waals surface area contributed by atoms with Crippen molar-refractivity contribution in [2.75, 3.05) is 18.9 Å². The zero-order valence-corrected chi connectivity index (χ0v) is 16.3. The molecule has 0 aliphatic rings. The van der Waals surface area contributed by atoms with Crippen LogP contribution in [0.25, 0.3) is 10.8 Å². The van der Waals surface area contributed by atoms with Crippen LogP contribution in [0.1, 0.15) is 22.8 Å². The number of nitrogens with one attached hydrogen (secondary N) is 1. The fourth-order valence-electron chi connectivity index (χ4n) is 2.74. The number of amides is 1. The van der Waals surface area contributed by atoms with Gasteiger partial charge in [0.15, 0.2) is 0 Å². The number of halogens is 2. The first kappa shape index (κ1) is 18.5. The van der Waals surface area contributed by atoms with Crippen LogP contribution in [0.3, 0.4) is 0 Å². The lowest BCUT2D eigenvalue weighted by Crippen LogP contribution is -2.26. The molecule has 1 amide bonds. The van der Waals surface area contributed by atoms with Crippen LogP contribution in [0.2, 0.25) is 10.0 Å². The van der Waals surface area contributed by atoms with E-state index in [4.69, 9.17) is 23.2 Å². The molecule has 0 saturated heterocycles. The lowest BCUT2D eigenvalue weighted by molar-refractivity contribution is 0.0804. The molecule has 0 unspecified atom stereocenters. The highest BCUT2D eigenvalue weighted by molar-refractivity contribution is 6.37.